The molecule has 0 spiro atoms. The molecule has 0 aliphatic carbocycles. The second kappa shape index (κ2) is 9.55. The summed E-state index contributed by atoms with van der Waals surface area (Å²) in [5, 5.41) is 21.9. The quantitative estimate of drug-likeness (QED) is 0.586. The number of carbonyl (C=O) groups excluding carboxylic acids is 1. The van der Waals surface area contributed by atoms with Gasteiger partial charge in [-0.15, -0.1) is 0 Å². The first-order chi connectivity index (χ1) is 12.5. The van der Waals surface area contributed by atoms with Gasteiger partial charge >= 0.3 is 11.9 Å². The highest BCUT2D eigenvalue weighted by molar-refractivity contribution is 5.89. The zero-order chi connectivity index (χ0) is 18.9. The lowest BCUT2D eigenvalue weighted by Crippen LogP contribution is -2.21. The van der Waals surface area contributed by atoms with Crippen molar-refractivity contribution >= 4 is 11.9 Å². The summed E-state index contributed by atoms with van der Waals surface area (Å²) in [5.74, 6) is -0.990. The van der Waals surface area contributed by atoms with Crippen LogP contribution in [0.1, 0.15) is 27.6 Å². The first-order valence-electron chi connectivity index (χ1n) is 8.00. The molecule has 0 aliphatic heterocycles. The molecule has 2 aromatic rings. The van der Waals surface area contributed by atoms with Gasteiger partial charge in [-0.05, 0) is 35.4 Å². The average Bonchev–Trinajstić information content (AvgIpc) is 2.66. The third-order valence-corrected chi connectivity index (χ3v) is 3.67. The van der Waals surface area contributed by atoms with Crippen molar-refractivity contribution in [1.29, 1.82) is 0 Å². The number of methoxy groups -OCH3 is 1. The fourth-order valence-electron chi connectivity index (χ4n) is 2.28. The number of carboxylic acid groups (broad SMARTS) is 1. The Hall–Kier alpha value is -2.90. The third-order valence-electron chi connectivity index (χ3n) is 3.67. The summed E-state index contributed by atoms with van der Waals surface area (Å²) in [4.78, 5) is 21.8. The molecule has 1 unspecified atom stereocenters. The highest BCUT2D eigenvalue weighted by Crippen LogP contribution is 2.17. The summed E-state index contributed by atoms with van der Waals surface area (Å²) in [6.07, 6.45) is -0.710. The topological polar surface area (TPSA) is 105 Å². The van der Waals surface area contributed by atoms with Crippen LogP contribution in [0, 0.1) is 0 Å². The molecule has 0 fully saturated rings. The largest absolute Gasteiger partial charge is 0.482 e. The third kappa shape index (κ3) is 5.87. The molecule has 26 heavy (non-hydrogen) atoms. The van der Waals surface area contributed by atoms with Crippen molar-refractivity contribution in [2.75, 3.05) is 20.3 Å². The maximum absolute atomic E-state index is 11.4. The molecule has 0 saturated carbocycles. The maximum Gasteiger partial charge on any atom is 0.341 e. The summed E-state index contributed by atoms with van der Waals surface area (Å²) in [7, 11) is 1.34. The Morgan fingerprint density at radius 3 is 2.31 bits per heavy atom. The second-order valence-corrected chi connectivity index (χ2v) is 5.59. The molecular weight excluding hydrogens is 338 g/mol. The Labute approximate surface area is 151 Å². The number of esters is 1. The van der Waals surface area contributed by atoms with Crippen LogP contribution < -0.4 is 10.1 Å². The monoisotopic (exact) mass is 359 g/mol. The molecule has 2 rings (SSSR count). The van der Waals surface area contributed by atoms with Gasteiger partial charge < -0.3 is 25.0 Å². The Morgan fingerprint density at radius 1 is 1.08 bits per heavy atom. The molecule has 0 aromatic heterocycles. The predicted octanol–water partition coefficient (Wildman–Crippen LogP) is 1.76. The lowest BCUT2D eigenvalue weighted by molar-refractivity contribution is -0.139. The van der Waals surface area contributed by atoms with E-state index >= 15 is 0 Å². The number of aliphatic carboxylic acids is 1. The molecule has 3 N–H and O–H groups in total. The standard InChI is InChI=1S/C19H21NO6/c1-25-19(24)15-4-2-13(3-5-15)10-20-11-17(21)14-6-8-16(9-7-14)26-12-18(22)23/h2-9,17,20-21H,10-12H2,1H3,(H,22,23). The molecule has 0 heterocycles. The van der Waals surface area contributed by atoms with E-state index in [9.17, 15) is 14.7 Å². The second-order valence-electron chi connectivity index (χ2n) is 5.59. The van der Waals surface area contributed by atoms with E-state index in [-0.39, 0.29) is 5.97 Å². The number of hydrogen-bond donors (Lipinski definition) is 3. The first kappa shape index (κ1) is 19.4. The van der Waals surface area contributed by atoms with Gasteiger partial charge in [0.15, 0.2) is 6.61 Å². The predicted molar refractivity (Wildman–Crippen MR) is 94.0 cm³/mol. The van der Waals surface area contributed by atoms with E-state index in [1.165, 1.54) is 7.11 Å². The van der Waals surface area contributed by atoms with Crippen LogP contribution in [0.5, 0.6) is 5.75 Å². The van der Waals surface area contributed by atoms with Crippen molar-refractivity contribution in [2.45, 2.75) is 12.6 Å². The van der Waals surface area contributed by atoms with Crippen LogP contribution in [-0.4, -0.2) is 42.4 Å². The molecule has 0 bridgehead atoms. The van der Waals surface area contributed by atoms with Gasteiger partial charge in [-0.3, -0.25) is 0 Å². The van der Waals surface area contributed by atoms with Crippen LogP contribution in [0.25, 0.3) is 0 Å². The van der Waals surface area contributed by atoms with Crippen molar-refractivity contribution in [2.24, 2.45) is 0 Å². The van der Waals surface area contributed by atoms with Gasteiger partial charge in [0.1, 0.15) is 5.75 Å². The Morgan fingerprint density at radius 2 is 1.73 bits per heavy atom. The van der Waals surface area contributed by atoms with Gasteiger partial charge in [-0.25, -0.2) is 9.59 Å². The highest BCUT2D eigenvalue weighted by Gasteiger charge is 2.08. The molecule has 0 aliphatic rings. The van der Waals surface area contributed by atoms with Crippen molar-refractivity contribution in [3.63, 3.8) is 0 Å². The number of hydrogen-bond acceptors (Lipinski definition) is 6. The summed E-state index contributed by atoms with van der Waals surface area (Å²) in [6.45, 7) is 0.477. The summed E-state index contributed by atoms with van der Waals surface area (Å²) >= 11 is 0. The van der Waals surface area contributed by atoms with Crippen LogP contribution in [0.4, 0.5) is 0 Å². The Balaban J connectivity index is 1.80. The SMILES string of the molecule is COC(=O)c1ccc(CNCC(O)c2ccc(OCC(=O)O)cc2)cc1. The number of nitrogens with one attached hydrogen (secondary N) is 1. The van der Waals surface area contributed by atoms with Crippen molar-refractivity contribution < 1.29 is 29.3 Å². The van der Waals surface area contributed by atoms with E-state index in [2.05, 4.69) is 10.1 Å². The van der Waals surface area contributed by atoms with E-state index < -0.39 is 18.7 Å². The molecular formula is C19H21NO6. The van der Waals surface area contributed by atoms with Crippen LogP contribution in [-0.2, 0) is 16.1 Å². The van der Waals surface area contributed by atoms with E-state index in [1.54, 1.807) is 36.4 Å². The molecule has 7 nitrogen and oxygen atoms in total. The summed E-state index contributed by atoms with van der Waals surface area (Å²) < 4.78 is 9.69. The molecule has 0 radical (unpaired) electrons. The Kier molecular flexibility index (Phi) is 7.13. The lowest BCUT2D eigenvalue weighted by Gasteiger charge is -2.13. The van der Waals surface area contributed by atoms with Gasteiger partial charge in [-0.1, -0.05) is 24.3 Å². The fraction of sp³-hybridized carbons (Fsp3) is 0.263. The number of benzene rings is 2. The van der Waals surface area contributed by atoms with Crippen LogP contribution in [0.2, 0.25) is 0 Å². The van der Waals surface area contributed by atoms with Gasteiger partial charge in [0.25, 0.3) is 0 Å². The van der Waals surface area contributed by atoms with E-state index in [4.69, 9.17) is 9.84 Å². The molecule has 0 saturated heterocycles. The van der Waals surface area contributed by atoms with E-state index in [0.717, 1.165) is 5.56 Å². The Bertz CT molecular complexity index is 727. The number of aliphatic hydroxyl groups is 1. The minimum Gasteiger partial charge on any atom is -0.482 e. The van der Waals surface area contributed by atoms with Gasteiger partial charge in [-0.2, -0.15) is 0 Å². The fourth-order valence-corrected chi connectivity index (χ4v) is 2.28. The molecule has 1 atom stereocenters. The van der Waals surface area contributed by atoms with Gasteiger partial charge in [0.2, 0.25) is 0 Å². The first-order valence-corrected chi connectivity index (χ1v) is 8.00. The average molecular weight is 359 g/mol. The zero-order valence-electron chi connectivity index (χ0n) is 14.3. The van der Waals surface area contributed by atoms with Crippen LogP contribution in [0.3, 0.4) is 0 Å². The summed E-state index contributed by atoms with van der Waals surface area (Å²) in [5.41, 5.74) is 2.16. The van der Waals surface area contributed by atoms with Crippen LogP contribution in [0.15, 0.2) is 48.5 Å². The number of ether oxygens (including phenoxy) is 2. The highest BCUT2D eigenvalue weighted by atomic mass is 16.5. The van der Waals surface area contributed by atoms with E-state index in [0.29, 0.717) is 30.0 Å². The molecule has 2 aromatic carbocycles. The van der Waals surface area contributed by atoms with E-state index in [1.807, 2.05) is 12.1 Å². The number of rotatable bonds is 9. The molecule has 7 heteroatoms. The number of aliphatic hydroxyl groups excluding tert-OH is 1. The normalized spacial score (nSPS) is 11.6. The van der Waals surface area contributed by atoms with Crippen molar-refractivity contribution in [3.05, 3.63) is 65.2 Å². The lowest BCUT2D eigenvalue weighted by atomic mass is 10.1. The maximum atomic E-state index is 11.4. The van der Waals surface area contributed by atoms with Gasteiger partial charge in [0, 0.05) is 13.1 Å². The zero-order valence-corrected chi connectivity index (χ0v) is 14.3. The van der Waals surface area contributed by atoms with Crippen LogP contribution >= 0.6 is 0 Å². The molecule has 138 valence electrons. The minimum atomic E-state index is -1.04. The van der Waals surface area contributed by atoms with Crippen molar-refractivity contribution in [1.82, 2.24) is 5.32 Å². The van der Waals surface area contributed by atoms with Gasteiger partial charge in [0.05, 0.1) is 18.8 Å². The summed E-state index contributed by atoms with van der Waals surface area (Å²) in [6, 6.07) is 13.6. The van der Waals surface area contributed by atoms with Crippen molar-refractivity contribution in [3.8, 4) is 5.75 Å². The smallest absolute Gasteiger partial charge is 0.341 e. The number of carboxylic acids is 1. The number of carbonyl (C=O) groups is 2. The minimum absolute atomic E-state index is 0.341. The molecule has 0 amide bonds.